The second-order valence-corrected chi connectivity index (χ2v) is 3.69. The van der Waals surface area contributed by atoms with E-state index in [0.29, 0.717) is 0 Å². The van der Waals surface area contributed by atoms with Gasteiger partial charge in [-0.2, -0.15) is 12.6 Å². The van der Waals surface area contributed by atoms with Gasteiger partial charge in [0.2, 0.25) is 0 Å². The van der Waals surface area contributed by atoms with E-state index in [1.807, 2.05) is 0 Å². The molecule has 0 bridgehead atoms. The van der Waals surface area contributed by atoms with Gasteiger partial charge < -0.3 is 4.74 Å². The predicted octanol–water partition coefficient (Wildman–Crippen LogP) is 2.46. The van der Waals surface area contributed by atoms with Crippen LogP contribution in [0.2, 0.25) is 0 Å². The highest BCUT2D eigenvalue weighted by atomic mass is 32.1. The largest absolute Gasteiger partial charge is 0.448 e. The highest BCUT2D eigenvalue weighted by Crippen LogP contribution is 2.10. The Labute approximate surface area is 90.6 Å². The third kappa shape index (κ3) is 8.25. The first-order chi connectivity index (χ1) is 6.20. The second kappa shape index (κ2) is 8.51. The molecule has 2 nitrogen and oxygen atoms in total. The third-order valence-corrected chi connectivity index (χ3v) is 2.21. The monoisotopic (exact) mass is 220 g/mol. The van der Waals surface area contributed by atoms with Crippen LogP contribution in [-0.2, 0) is 9.53 Å². The quantitative estimate of drug-likeness (QED) is 0.227. The van der Waals surface area contributed by atoms with Gasteiger partial charge in [0.25, 0.3) is 0 Å². The lowest BCUT2D eigenvalue weighted by Gasteiger charge is -2.09. The molecule has 0 amide bonds. The number of ether oxygens (including phenoxy) is 1. The molecule has 0 saturated carbocycles. The van der Waals surface area contributed by atoms with Gasteiger partial charge in [0.05, 0.1) is 0 Å². The van der Waals surface area contributed by atoms with Crippen molar-refractivity contribution in [2.24, 2.45) is 0 Å². The first-order valence-corrected chi connectivity index (χ1v) is 5.47. The van der Waals surface area contributed by atoms with Gasteiger partial charge in [0.15, 0.2) is 0 Å². The summed E-state index contributed by atoms with van der Waals surface area (Å²) in [6, 6.07) is 0. The Morgan fingerprint density at radius 1 is 1.46 bits per heavy atom. The van der Waals surface area contributed by atoms with Gasteiger partial charge in [0.1, 0.15) is 5.44 Å². The fourth-order valence-corrected chi connectivity index (χ4v) is 1.36. The molecule has 0 N–H and O–H groups in total. The molecule has 0 aliphatic rings. The summed E-state index contributed by atoms with van der Waals surface area (Å²) in [5.41, 5.74) is -0.301. The van der Waals surface area contributed by atoms with E-state index in [-0.39, 0.29) is 5.44 Å². The molecule has 0 fully saturated rings. The lowest BCUT2D eigenvalue weighted by Crippen LogP contribution is -2.10. The molecule has 76 valence electrons. The average Bonchev–Trinajstić information content (AvgIpc) is 2.12. The highest BCUT2D eigenvalue weighted by molar-refractivity contribution is 7.80. The summed E-state index contributed by atoms with van der Waals surface area (Å²) >= 11 is 8.21. The van der Waals surface area contributed by atoms with Crippen LogP contribution in [0.15, 0.2) is 12.7 Å². The normalized spacial score (nSPS) is 12.2. The molecule has 1 unspecified atom stereocenters. The molecule has 1 atom stereocenters. The molecule has 0 aliphatic carbocycles. The minimum atomic E-state index is -0.408. The van der Waals surface area contributed by atoms with E-state index in [1.165, 1.54) is 0 Å². The minimum absolute atomic E-state index is 0.301. The first kappa shape index (κ1) is 12.9. The Balaban J connectivity index is 3.34. The van der Waals surface area contributed by atoms with Crippen molar-refractivity contribution in [2.45, 2.75) is 31.1 Å². The van der Waals surface area contributed by atoms with Crippen molar-refractivity contribution in [2.75, 3.05) is 5.75 Å². The minimum Gasteiger partial charge on any atom is -0.448 e. The van der Waals surface area contributed by atoms with Crippen LogP contribution < -0.4 is 0 Å². The summed E-state index contributed by atoms with van der Waals surface area (Å²) in [5, 5.41) is 0. The van der Waals surface area contributed by atoms with Crippen molar-refractivity contribution in [3.8, 4) is 0 Å². The van der Waals surface area contributed by atoms with E-state index in [2.05, 4.69) is 31.8 Å². The zero-order valence-electron chi connectivity index (χ0n) is 7.61. The summed E-state index contributed by atoms with van der Waals surface area (Å²) in [6.07, 6.45) is 5.15. The number of carbonyl (C=O) groups excluding carboxylic acids is 1. The van der Waals surface area contributed by atoms with Crippen LogP contribution in [0.4, 0.5) is 0 Å². The van der Waals surface area contributed by atoms with Crippen molar-refractivity contribution in [3.63, 3.8) is 0 Å². The number of rotatable bonds is 7. The Bertz CT molecular complexity index is 160. The molecular formula is C9H16O2S2. The Morgan fingerprint density at radius 3 is 2.69 bits per heavy atom. The van der Waals surface area contributed by atoms with Gasteiger partial charge in [-0.05, 0) is 25.0 Å². The third-order valence-electron chi connectivity index (χ3n) is 1.53. The fourth-order valence-electron chi connectivity index (χ4n) is 0.849. The molecule has 0 aromatic heterocycles. The summed E-state index contributed by atoms with van der Waals surface area (Å²) < 4.78 is 4.87. The molecule has 0 spiro atoms. The lowest BCUT2D eigenvalue weighted by molar-refractivity contribution is -0.139. The number of thiol groups is 2. The molecule has 0 aliphatic heterocycles. The standard InChI is InChI=1S/C9H16O2S2/c1-2-8(10)11-9(13)6-4-3-5-7-12/h2,9,12-13H,1,3-7H2. The number of esters is 1. The number of unbranched alkanes of at least 4 members (excludes halogenated alkanes) is 2. The molecule has 0 aromatic carbocycles. The zero-order valence-corrected chi connectivity index (χ0v) is 9.40. The van der Waals surface area contributed by atoms with Gasteiger partial charge >= 0.3 is 5.97 Å². The molecule has 4 heteroatoms. The smallest absolute Gasteiger partial charge is 0.331 e. The molecule has 0 heterocycles. The number of hydrogen-bond donors (Lipinski definition) is 2. The van der Waals surface area contributed by atoms with Crippen molar-refractivity contribution in [3.05, 3.63) is 12.7 Å². The van der Waals surface area contributed by atoms with E-state index >= 15 is 0 Å². The Kier molecular flexibility index (Phi) is 8.45. The molecular weight excluding hydrogens is 204 g/mol. The maximum absolute atomic E-state index is 10.7. The molecule has 0 aromatic rings. The van der Waals surface area contributed by atoms with E-state index in [1.54, 1.807) is 0 Å². The SMILES string of the molecule is C=CC(=O)OC(S)CCCCCS. The van der Waals surface area contributed by atoms with Crippen LogP contribution >= 0.6 is 25.3 Å². The summed E-state index contributed by atoms with van der Waals surface area (Å²) in [7, 11) is 0. The van der Waals surface area contributed by atoms with Gasteiger partial charge in [0, 0.05) is 6.08 Å². The van der Waals surface area contributed by atoms with Gasteiger partial charge in [-0.3, -0.25) is 0 Å². The lowest BCUT2D eigenvalue weighted by atomic mass is 10.2. The molecule has 0 rings (SSSR count). The van der Waals surface area contributed by atoms with Crippen LogP contribution in [0.25, 0.3) is 0 Å². The summed E-state index contributed by atoms with van der Waals surface area (Å²) in [4.78, 5) is 10.7. The maximum atomic E-state index is 10.7. The summed E-state index contributed by atoms with van der Waals surface area (Å²) in [6.45, 7) is 3.30. The topological polar surface area (TPSA) is 26.3 Å². The van der Waals surface area contributed by atoms with E-state index < -0.39 is 5.97 Å². The van der Waals surface area contributed by atoms with Crippen LogP contribution in [0.3, 0.4) is 0 Å². The van der Waals surface area contributed by atoms with Crippen LogP contribution in [-0.4, -0.2) is 17.2 Å². The van der Waals surface area contributed by atoms with Crippen LogP contribution in [0, 0.1) is 0 Å². The Morgan fingerprint density at radius 2 is 2.15 bits per heavy atom. The summed E-state index contributed by atoms with van der Waals surface area (Å²) in [5.74, 6) is 0.498. The van der Waals surface area contributed by atoms with Crippen molar-refractivity contribution in [1.29, 1.82) is 0 Å². The van der Waals surface area contributed by atoms with Crippen molar-refractivity contribution < 1.29 is 9.53 Å². The fraction of sp³-hybridized carbons (Fsp3) is 0.667. The second-order valence-electron chi connectivity index (χ2n) is 2.67. The highest BCUT2D eigenvalue weighted by Gasteiger charge is 2.05. The van der Waals surface area contributed by atoms with E-state index in [9.17, 15) is 4.79 Å². The predicted molar refractivity (Wildman–Crippen MR) is 61.4 cm³/mol. The van der Waals surface area contributed by atoms with Crippen molar-refractivity contribution >= 4 is 31.2 Å². The van der Waals surface area contributed by atoms with Crippen molar-refractivity contribution in [1.82, 2.24) is 0 Å². The zero-order chi connectivity index (χ0) is 10.1. The molecule has 0 saturated heterocycles. The van der Waals surface area contributed by atoms with E-state index in [4.69, 9.17) is 4.74 Å². The van der Waals surface area contributed by atoms with E-state index in [0.717, 1.165) is 37.5 Å². The Hall–Kier alpha value is -0.0900. The number of hydrogen-bond acceptors (Lipinski definition) is 4. The maximum Gasteiger partial charge on any atom is 0.331 e. The first-order valence-electron chi connectivity index (χ1n) is 4.32. The van der Waals surface area contributed by atoms with Crippen LogP contribution in [0.1, 0.15) is 25.7 Å². The van der Waals surface area contributed by atoms with Gasteiger partial charge in [-0.25, -0.2) is 4.79 Å². The van der Waals surface area contributed by atoms with Gasteiger partial charge in [-0.15, -0.1) is 12.6 Å². The average molecular weight is 220 g/mol. The molecule has 13 heavy (non-hydrogen) atoms. The van der Waals surface area contributed by atoms with Crippen LogP contribution in [0.5, 0.6) is 0 Å². The van der Waals surface area contributed by atoms with Gasteiger partial charge in [-0.1, -0.05) is 13.0 Å². The molecule has 0 radical (unpaired) electrons. The number of carbonyl (C=O) groups is 1.